The molecular weight excluding hydrogens is 457 g/mol. The van der Waals surface area contributed by atoms with E-state index in [4.69, 9.17) is 4.98 Å². The molecule has 1 fully saturated rings. The SMILES string of the molecule is CCN(CC)C1CCN(C(=NC)NCCc2nc(C(C)(C)C)cs2)C1.I. The number of aliphatic imine (C=N–C) groups is 1. The van der Waals surface area contributed by atoms with Crippen LogP contribution < -0.4 is 5.32 Å². The average Bonchev–Trinajstić information content (AvgIpc) is 3.22. The zero-order valence-electron chi connectivity index (χ0n) is 17.2. The molecule has 0 saturated carbocycles. The number of likely N-dealkylation sites (N-methyl/N-ethyl adjacent to an activating group) is 1. The van der Waals surface area contributed by atoms with E-state index in [2.05, 4.69) is 60.1 Å². The molecule has 5 nitrogen and oxygen atoms in total. The summed E-state index contributed by atoms with van der Waals surface area (Å²) in [6.07, 6.45) is 2.18. The van der Waals surface area contributed by atoms with E-state index in [1.54, 1.807) is 11.3 Å². The smallest absolute Gasteiger partial charge is 0.193 e. The molecule has 0 aliphatic carbocycles. The van der Waals surface area contributed by atoms with Crippen molar-refractivity contribution in [3.63, 3.8) is 0 Å². The Morgan fingerprint density at radius 2 is 2.08 bits per heavy atom. The summed E-state index contributed by atoms with van der Waals surface area (Å²) in [5.74, 6) is 1.03. The Hall–Kier alpha value is -0.410. The first-order chi connectivity index (χ1) is 11.9. The summed E-state index contributed by atoms with van der Waals surface area (Å²) >= 11 is 1.77. The van der Waals surface area contributed by atoms with Crippen LogP contribution in [0.25, 0.3) is 0 Å². The number of halogens is 1. The van der Waals surface area contributed by atoms with E-state index in [1.165, 1.54) is 17.1 Å². The second kappa shape index (κ2) is 10.8. The van der Waals surface area contributed by atoms with E-state index in [1.807, 2.05) is 7.05 Å². The predicted molar refractivity (Wildman–Crippen MR) is 124 cm³/mol. The summed E-state index contributed by atoms with van der Waals surface area (Å²) in [6.45, 7) is 16.4. The topological polar surface area (TPSA) is 43.8 Å². The van der Waals surface area contributed by atoms with Gasteiger partial charge in [0, 0.05) is 49.9 Å². The highest BCUT2D eigenvalue weighted by molar-refractivity contribution is 14.0. The fourth-order valence-electron chi connectivity index (χ4n) is 3.36. The zero-order chi connectivity index (χ0) is 18.4. The number of nitrogens with one attached hydrogen (secondary N) is 1. The molecule has 2 rings (SSSR count). The normalized spacial score (nSPS) is 18.3. The van der Waals surface area contributed by atoms with Crippen molar-refractivity contribution in [2.24, 2.45) is 4.99 Å². The Morgan fingerprint density at radius 1 is 1.38 bits per heavy atom. The van der Waals surface area contributed by atoms with Gasteiger partial charge in [-0.3, -0.25) is 9.89 Å². The van der Waals surface area contributed by atoms with E-state index in [0.29, 0.717) is 6.04 Å². The van der Waals surface area contributed by atoms with E-state index in [0.717, 1.165) is 45.1 Å². The summed E-state index contributed by atoms with van der Waals surface area (Å²) in [4.78, 5) is 14.2. The molecule has 0 bridgehead atoms. The van der Waals surface area contributed by atoms with Crippen molar-refractivity contribution in [3.05, 3.63) is 16.1 Å². The van der Waals surface area contributed by atoms with E-state index in [9.17, 15) is 0 Å². The molecule has 0 spiro atoms. The molecule has 7 heteroatoms. The second-order valence-electron chi connectivity index (χ2n) is 7.71. The van der Waals surface area contributed by atoms with Crippen LogP contribution in [0.1, 0.15) is 51.7 Å². The Bertz CT molecular complexity index is 563. The van der Waals surface area contributed by atoms with Crippen LogP contribution in [-0.2, 0) is 11.8 Å². The van der Waals surface area contributed by atoms with Crippen LogP contribution in [0.15, 0.2) is 10.4 Å². The van der Waals surface area contributed by atoms with Gasteiger partial charge in [-0.15, -0.1) is 35.3 Å². The number of rotatable bonds is 6. The lowest BCUT2D eigenvalue weighted by molar-refractivity contribution is 0.223. The lowest BCUT2D eigenvalue weighted by Crippen LogP contribution is -2.43. The third-order valence-electron chi connectivity index (χ3n) is 4.95. The summed E-state index contributed by atoms with van der Waals surface area (Å²) < 4.78 is 0. The molecule has 0 amide bonds. The standard InChI is InChI=1S/C19H35N5S.HI/c1-7-23(8-2)15-10-12-24(13-15)18(20-6)21-11-9-17-22-16(14-25-17)19(3,4)5;/h14-15H,7-13H2,1-6H3,(H,20,21);1H. The van der Waals surface area contributed by atoms with E-state index in [-0.39, 0.29) is 29.4 Å². The molecule has 1 aromatic rings. The zero-order valence-corrected chi connectivity index (χ0v) is 20.4. The predicted octanol–water partition coefficient (Wildman–Crippen LogP) is 3.59. The first-order valence-corrected chi connectivity index (χ1v) is 10.4. The van der Waals surface area contributed by atoms with Crippen molar-refractivity contribution >= 4 is 41.3 Å². The van der Waals surface area contributed by atoms with Gasteiger partial charge in [0.1, 0.15) is 0 Å². The van der Waals surface area contributed by atoms with Gasteiger partial charge in [0.2, 0.25) is 0 Å². The van der Waals surface area contributed by atoms with Gasteiger partial charge in [-0.05, 0) is 19.5 Å². The number of thiazole rings is 1. The van der Waals surface area contributed by atoms with Crippen LogP contribution in [0.4, 0.5) is 0 Å². The Kier molecular flexibility index (Phi) is 9.82. The maximum Gasteiger partial charge on any atom is 0.193 e. The highest BCUT2D eigenvalue weighted by atomic mass is 127. The molecule has 1 aromatic heterocycles. The maximum absolute atomic E-state index is 4.78. The minimum atomic E-state index is 0. The van der Waals surface area contributed by atoms with Crippen molar-refractivity contribution in [1.29, 1.82) is 0 Å². The van der Waals surface area contributed by atoms with Crippen LogP contribution in [-0.4, -0.2) is 66.6 Å². The van der Waals surface area contributed by atoms with Gasteiger partial charge < -0.3 is 10.2 Å². The van der Waals surface area contributed by atoms with Crippen LogP contribution >= 0.6 is 35.3 Å². The Balaban J connectivity index is 0.00000338. The summed E-state index contributed by atoms with van der Waals surface area (Å²) in [5, 5.41) is 6.93. The van der Waals surface area contributed by atoms with Crippen LogP contribution in [0.5, 0.6) is 0 Å². The van der Waals surface area contributed by atoms with Gasteiger partial charge in [0.15, 0.2) is 5.96 Å². The number of guanidine groups is 1. The molecule has 0 radical (unpaired) electrons. The van der Waals surface area contributed by atoms with E-state index >= 15 is 0 Å². The largest absolute Gasteiger partial charge is 0.356 e. The highest BCUT2D eigenvalue weighted by Crippen LogP contribution is 2.24. The molecule has 1 aliphatic heterocycles. The lowest BCUT2D eigenvalue weighted by atomic mass is 9.93. The van der Waals surface area contributed by atoms with E-state index < -0.39 is 0 Å². The Labute approximate surface area is 180 Å². The minimum absolute atomic E-state index is 0. The number of nitrogens with zero attached hydrogens (tertiary/aromatic N) is 4. The maximum atomic E-state index is 4.78. The van der Waals surface area contributed by atoms with Gasteiger partial charge in [0.05, 0.1) is 10.7 Å². The number of likely N-dealkylation sites (tertiary alicyclic amines) is 1. The van der Waals surface area contributed by atoms with Crippen molar-refractivity contribution in [2.75, 3.05) is 39.8 Å². The fourth-order valence-corrected chi connectivity index (χ4v) is 4.38. The van der Waals surface area contributed by atoms with Gasteiger partial charge in [-0.1, -0.05) is 34.6 Å². The van der Waals surface area contributed by atoms with Gasteiger partial charge in [-0.25, -0.2) is 4.98 Å². The van der Waals surface area contributed by atoms with Crippen molar-refractivity contribution in [2.45, 2.75) is 58.9 Å². The summed E-state index contributed by atoms with van der Waals surface area (Å²) in [5.41, 5.74) is 1.33. The number of hydrogen-bond donors (Lipinski definition) is 1. The molecule has 1 N–H and O–H groups in total. The van der Waals surface area contributed by atoms with Crippen molar-refractivity contribution in [3.8, 4) is 0 Å². The molecule has 1 atom stereocenters. The highest BCUT2D eigenvalue weighted by Gasteiger charge is 2.27. The number of aromatic nitrogens is 1. The lowest BCUT2D eigenvalue weighted by Gasteiger charge is -2.27. The number of hydrogen-bond acceptors (Lipinski definition) is 4. The fraction of sp³-hybridized carbons (Fsp3) is 0.789. The average molecular weight is 494 g/mol. The quantitative estimate of drug-likeness (QED) is 0.374. The van der Waals surface area contributed by atoms with Crippen LogP contribution in [0.2, 0.25) is 0 Å². The van der Waals surface area contributed by atoms with Gasteiger partial charge in [0.25, 0.3) is 0 Å². The third kappa shape index (κ3) is 6.34. The van der Waals surface area contributed by atoms with Gasteiger partial charge in [-0.2, -0.15) is 0 Å². The molecule has 1 aliphatic rings. The van der Waals surface area contributed by atoms with Gasteiger partial charge >= 0.3 is 0 Å². The van der Waals surface area contributed by atoms with Crippen molar-refractivity contribution < 1.29 is 0 Å². The molecule has 2 heterocycles. The van der Waals surface area contributed by atoms with Crippen LogP contribution in [0, 0.1) is 0 Å². The molecule has 0 aromatic carbocycles. The summed E-state index contributed by atoms with van der Waals surface area (Å²) in [6, 6.07) is 0.654. The molecule has 26 heavy (non-hydrogen) atoms. The first kappa shape index (κ1) is 23.6. The molecular formula is C19H36IN5S. The minimum Gasteiger partial charge on any atom is -0.356 e. The third-order valence-corrected chi connectivity index (χ3v) is 5.85. The molecule has 1 saturated heterocycles. The Morgan fingerprint density at radius 3 is 2.62 bits per heavy atom. The van der Waals surface area contributed by atoms with Crippen LogP contribution in [0.3, 0.4) is 0 Å². The monoisotopic (exact) mass is 493 g/mol. The molecule has 1 unspecified atom stereocenters. The summed E-state index contributed by atoms with van der Waals surface area (Å²) in [7, 11) is 1.88. The first-order valence-electron chi connectivity index (χ1n) is 9.53. The van der Waals surface area contributed by atoms with Crippen molar-refractivity contribution in [1.82, 2.24) is 20.1 Å². The second-order valence-corrected chi connectivity index (χ2v) is 8.65. The molecule has 150 valence electrons.